The minimum Gasteiger partial charge on any atom is -0.497 e. The van der Waals surface area contributed by atoms with E-state index in [-0.39, 0.29) is 6.10 Å². The van der Waals surface area contributed by atoms with Crippen LogP contribution in [0, 0.1) is 0 Å². The Kier molecular flexibility index (Phi) is 6.13. The zero-order valence-electron chi connectivity index (χ0n) is 14.7. The average Bonchev–Trinajstić information content (AvgIpc) is 2.65. The second-order valence-corrected chi connectivity index (χ2v) is 6.90. The molecule has 1 amide bonds. The number of aryl methyl sites for hydroxylation is 1. The summed E-state index contributed by atoms with van der Waals surface area (Å²) in [5.74, 6) is 1.22. The van der Waals surface area contributed by atoms with Gasteiger partial charge in [0.1, 0.15) is 5.75 Å². The van der Waals surface area contributed by atoms with Crippen molar-refractivity contribution in [1.82, 2.24) is 4.90 Å². The second kappa shape index (κ2) is 8.52. The van der Waals surface area contributed by atoms with Crippen LogP contribution in [0.5, 0.6) is 5.75 Å². The fraction of sp³-hybridized carbons (Fsp3) is 0.650. The molecule has 4 nitrogen and oxygen atoms in total. The van der Waals surface area contributed by atoms with Crippen LogP contribution < -0.4 is 4.74 Å². The van der Waals surface area contributed by atoms with Crippen LogP contribution >= 0.6 is 0 Å². The Labute approximate surface area is 145 Å². The third kappa shape index (κ3) is 4.29. The standard InChI is InChI=1S/C20H29NO3/c1-23-17-12-10-16(11-13-17)6-2-5-9-20(22)21-14-15-24-19-8-4-3-7-18(19)21/h10-13,18-19H,2-9,14-15H2,1H3. The molecule has 24 heavy (non-hydrogen) atoms. The molecule has 0 radical (unpaired) electrons. The molecule has 1 saturated heterocycles. The lowest BCUT2D eigenvalue weighted by Crippen LogP contribution is -2.54. The molecule has 0 aromatic heterocycles. The molecule has 3 rings (SSSR count). The minimum absolute atomic E-state index is 0.288. The van der Waals surface area contributed by atoms with Crippen molar-refractivity contribution in [1.29, 1.82) is 0 Å². The minimum atomic E-state index is 0.288. The highest BCUT2D eigenvalue weighted by Crippen LogP contribution is 2.29. The first-order chi connectivity index (χ1) is 11.8. The van der Waals surface area contributed by atoms with Crippen molar-refractivity contribution in [2.24, 2.45) is 0 Å². The molecule has 132 valence electrons. The highest BCUT2D eigenvalue weighted by atomic mass is 16.5. The summed E-state index contributed by atoms with van der Waals surface area (Å²) < 4.78 is 11.0. The maximum Gasteiger partial charge on any atom is 0.222 e. The van der Waals surface area contributed by atoms with Gasteiger partial charge in [-0.15, -0.1) is 0 Å². The van der Waals surface area contributed by atoms with Gasteiger partial charge in [0, 0.05) is 13.0 Å². The van der Waals surface area contributed by atoms with Crippen LogP contribution in [-0.4, -0.2) is 43.2 Å². The number of methoxy groups -OCH3 is 1. The number of hydrogen-bond donors (Lipinski definition) is 0. The van der Waals surface area contributed by atoms with Crippen molar-refractivity contribution in [3.05, 3.63) is 29.8 Å². The number of unbranched alkanes of at least 4 members (excludes halogenated alkanes) is 1. The van der Waals surface area contributed by atoms with Crippen molar-refractivity contribution >= 4 is 5.91 Å². The molecule has 0 N–H and O–H groups in total. The number of benzene rings is 1. The van der Waals surface area contributed by atoms with Gasteiger partial charge in [0.25, 0.3) is 0 Å². The molecule has 1 saturated carbocycles. The fourth-order valence-corrected chi connectivity index (χ4v) is 3.95. The van der Waals surface area contributed by atoms with Gasteiger partial charge in [-0.05, 0) is 49.8 Å². The smallest absolute Gasteiger partial charge is 0.222 e. The van der Waals surface area contributed by atoms with Crippen molar-refractivity contribution in [2.45, 2.75) is 63.5 Å². The molecular formula is C20H29NO3. The summed E-state index contributed by atoms with van der Waals surface area (Å²) in [5.41, 5.74) is 1.31. The first-order valence-electron chi connectivity index (χ1n) is 9.32. The molecule has 0 spiro atoms. The van der Waals surface area contributed by atoms with Gasteiger partial charge in [0.15, 0.2) is 0 Å². The van der Waals surface area contributed by atoms with Gasteiger partial charge in [-0.1, -0.05) is 25.0 Å². The predicted molar refractivity (Wildman–Crippen MR) is 94.3 cm³/mol. The number of amides is 1. The van der Waals surface area contributed by atoms with Crippen LogP contribution in [0.2, 0.25) is 0 Å². The molecule has 4 heteroatoms. The van der Waals surface area contributed by atoms with Gasteiger partial charge in [-0.2, -0.15) is 0 Å². The van der Waals surface area contributed by atoms with Crippen molar-refractivity contribution in [2.75, 3.05) is 20.3 Å². The summed E-state index contributed by atoms with van der Waals surface area (Å²) in [6.07, 6.45) is 8.68. The average molecular weight is 331 g/mol. The van der Waals surface area contributed by atoms with Crippen molar-refractivity contribution < 1.29 is 14.3 Å². The van der Waals surface area contributed by atoms with Crippen LogP contribution in [0.15, 0.2) is 24.3 Å². The number of carbonyl (C=O) groups excluding carboxylic acids is 1. The van der Waals surface area contributed by atoms with Crippen LogP contribution in [0.1, 0.15) is 50.5 Å². The molecule has 1 aromatic rings. The Bertz CT molecular complexity index is 526. The Morgan fingerprint density at radius 3 is 2.79 bits per heavy atom. The lowest BCUT2D eigenvalue weighted by molar-refractivity contribution is -0.149. The quantitative estimate of drug-likeness (QED) is 0.748. The predicted octanol–water partition coefficient (Wildman–Crippen LogP) is 3.58. The van der Waals surface area contributed by atoms with Crippen molar-refractivity contribution in [3.63, 3.8) is 0 Å². The molecule has 2 aliphatic rings. The van der Waals surface area contributed by atoms with E-state index < -0.39 is 0 Å². The van der Waals surface area contributed by atoms with Gasteiger partial charge < -0.3 is 14.4 Å². The van der Waals surface area contributed by atoms with Gasteiger partial charge >= 0.3 is 0 Å². The molecule has 2 atom stereocenters. The van der Waals surface area contributed by atoms with E-state index in [0.717, 1.165) is 44.4 Å². The van der Waals surface area contributed by atoms with Gasteiger partial charge in [-0.25, -0.2) is 0 Å². The van der Waals surface area contributed by atoms with E-state index >= 15 is 0 Å². The Morgan fingerprint density at radius 2 is 2.00 bits per heavy atom. The Hall–Kier alpha value is -1.55. The van der Waals surface area contributed by atoms with E-state index in [1.165, 1.54) is 18.4 Å². The summed E-state index contributed by atoms with van der Waals surface area (Å²) >= 11 is 0. The molecule has 2 unspecified atom stereocenters. The van der Waals surface area contributed by atoms with E-state index in [4.69, 9.17) is 9.47 Å². The lowest BCUT2D eigenvalue weighted by atomic mass is 9.90. The normalized spacial score (nSPS) is 23.6. The highest BCUT2D eigenvalue weighted by Gasteiger charge is 2.36. The number of rotatable bonds is 6. The molecule has 1 heterocycles. The molecule has 2 fully saturated rings. The maximum absolute atomic E-state index is 12.6. The number of hydrogen-bond acceptors (Lipinski definition) is 3. The van der Waals surface area contributed by atoms with Crippen LogP contribution in [0.25, 0.3) is 0 Å². The lowest BCUT2D eigenvalue weighted by Gasteiger charge is -2.43. The number of morpholine rings is 1. The second-order valence-electron chi connectivity index (χ2n) is 6.90. The molecule has 1 aliphatic carbocycles. The van der Waals surface area contributed by atoms with E-state index in [1.54, 1.807) is 7.11 Å². The highest BCUT2D eigenvalue weighted by molar-refractivity contribution is 5.76. The van der Waals surface area contributed by atoms with Gasteiger partial charge in [-0.3, -0.25) is 4.79 Å². The van der Waals surface area contributed by atoms with Crippen LogP contribution in [0.4, 0.5) is 0 Å². The number of ether oxygens (including phenoxy) is 2. The topological polar surface area (TPSA) is 38.8 Å². The van der Waals surface area contributed by atoms with Crippen molar-refractivity contribution in [3.8, 4) is 5.75 Å². The summed E-state index contributed by atoms with van der Waals surface area (Å²) in [6, 6.07) is 8.54. The molecule has 0 bridgehead atoms. The van der Waals surface area contributed by atoms with E-state index in [9.17, 15) is 4.79 Å². The fourth-order valence-electron chi connectivity index (χ4n) is 3.95. The zero-order chi connectivity index (χ0) is 16.8. The number of fused-ring (bicyclic) bond motifs is 1. The molecular weight excluding hydrogens is 302 g/mol. The van der Waals surface area contributed by atoms with Gasteiger partial charge in [0.05, 0.1) is 25.9 Å². The Morgan fingerprint density at radius 1 is 1.21 bits per heavy atom. The summed E-state index contributed by atoms with van der Waals surface area (Å²) in [6.45, 7) is 1.48. The van der Waals surface area contributed by atoms with Crippen LogP contribution in [0.3, 0.4) is 0 Å². The molecule has 1 aromatic carbocycles. The monoisotopic (exact) mass is 331 g/mol. The van der Waals surface area contributed by atoms with Gasteiger partial charge in [0.2, 0.25) is 5.91 Å². The third-order valence-electron chi connectivity index (χ3n) is 5.32. The largest absolute Gasteiger partial charge is 0.497 e. The first kappa shape index (κ1) is 17.3. The first-order valence-corrected chi connectivity index (χ1v) is 9.32. The van der Waals surface area contributed by atoms with E-state index in [2.05, 4.69) is 17.0 Å². The molecule has 1 aliphatic heterocycles. The maximum atomic E-state index is 12.6. The third-order valence-corrected chi connectivity index (χ3v) is 5.32. The summed E-state index contributed by atoms with van der Waals surface area (Å²) in [4.78, 5) is 14.7. The number of carbonyl (C=O) groups is 1. The summed E-state index contributed by atoms with van der Waals surface area (Å²) in [7, 11) is 1.68. The van der Waals surface area contributed by atoms with E-state index in [0.29, 0.717) is 25.0 Å². The van der Waals surface area contributed by atoms with Crippen LogP contribution in [-0.2, 0) is 16.0 Å². The Balaban J connectivity index is 1.41. The number of nitrogens with zero attached hydrogens (tertiary/aromatic N) is 1. The SMILES string of the molecule is COc1ccc(CCCCC(=O)N2CCOC3CCCCC32)cc1. The summed E-state index contributed by atoms with van der Waals surface area (Å²) in [5, 5.41) is 0. The van der Waals surface area contributed by atoms with E-state index in [1.807, 2.05) is 12.1 Å². The zero-order valence-corrected chi connectivity index (χ0v) is 14.7.